The average molecular weight is 624 g/mol. The summed E-state index contributed by atoms with van der Waals surface area (Å²) in [5.74, 6) is 1.22. The number of aliphatic hydroxyl groups excluding tert-OH is 1. The van der Waals surface area contributed by atoms with E-state index in [4.69, 9.17) is 9.47 Å². The topological polar surface area (TPSA) is 63.3 Å². The summed E-state index contributed by atoms with van der Waals surface area (Å²) in [5, 5.41) is 26.5. The van der Waals surface area contributed by atoms with E-state index in [9.17, 15) is 10.2 Å². The largest absolute Gasteiger partial charge is 0.505 e. The fourth-order valence-electron chi connectivity index (χ4n) is 13.2. The highest BCUT2D eigenvalue weighted by Crippen LogP contribution is 2.72. The number of aliphatic hydroxyl groups is 1. The molecule has 46 heavy (non-hydrogen) atoms. The van der Waals surface area contributed by atoms with Gasteiger partial charge in [-0.1, -0.05) is 27.4 Å². The zero-order valence-corrected chi connectivity index (χ0v) is 29.4. The van der Waals surface area contributed by atoms with Crippen molar-refractivity contribution in [1.82, 2.24) is 4.40 Å². The number of hydrogen-bond donors (Lipinski definition) is 2. The predicted molar refractivity (Wildman–Crippen MR) is 184 cm³/mol. The molecule has 0 amide bonds. The fraction of sp³-hybridized carbons (Fsp3) is 0.659. The van der Waals surface area contributed by atoms with Crippen LogP contribution in [-0.2, 0) is 21.3 Å². The number of ether oxygens (including phenoxy) is 2. The van der Waals surface area contributed by atoms with Crippen molar-refractivity contribution >= 4 is 27.4 Å². The quantitative estimate of drug-likeness (QED) is 0.284. The molecule has 9 rings (SSSR count). The molecule has 6 aliphatic rings. The lowest BCUT2D eigenvalue weighted by Gasteiger charge is -2.66. The molecule has 5 nitrogen and oxygen atoms in total. The van der Waals surface area contributed by atoms with Crippen LogP contribution in [0.3, 0.4) is 0 Å². The van der Waals surface area contributed by atoms with Crippen LogP contribution < -0.4 is 0 Å². The molecule has 0 bridgehead atoms. The second-order valence-corrected chi connectivity index (χ2v) is 18.2. The molecule has 2 saturated carbocycles. The molecule has 2 aromatic heterocycles. The maximum Gasteiger partial charge on any atom is 0.149 e. The van der Waals surface area contributed by atoms with E-state index < -0.39 is 17.3 Å². The van der Waals surface area contributed by atoms with Crippen LogP contribution in [0, 0.1) is 28.6 Å². The number of fused-ring (bicyclic) bond motifs is 13. The third kappa shape index (κ3) is 3.20. The zero-order chi connectivity index (χ0) is 32.7. The van der Waals surface area contributed by atoms with Gasteiger partial charge in [0, 0.05) is 33.4 Å². The summed E-state index contributed by atoms with van der Waals surface area (Å²) in [4.78, 5) is 0. The Bertz CT molecular complexity index is 1890. The first kappa shape index (κ1) is 29.8. The van der Waals surface area contributed by atoms with Gasteiger partial charge in [-0.25, -0.2) is 0 Å². The Morgan fingerprint density at radius 2 is 1.76 bits per heavy atom. The second kappa shape index (κ2) is 8.62. The minimum Gasteiger partial charge on any atom is -0.505 e. The molecule has 0 radical (unpaired) electrons. The smallest absolute Gasteiger partial charge is 0.149 e. The van der Waals surface area contributed by atoms with E-state index in [1.165, 1.54) is 35.9 Å². The van der Waals surface area contributed by atoms with Gasteiger partial charge in [0.2, 0.25) is 0 Å². The van der Waals surface area contributed by atoms with Gasteiger partial charge in [-0.3, -0.25) is 0 Å². The highest BCUT2D eigenvalue weighted by molar-refractivity contribution is 6.11. The summed E-state index contributed by atoms with van der Waals surface area (Å²) >= 11 is 0. The summed E-state index contributed by atoms with van der Waals surface area (Å²) in [6, 6.07) is 2.39. The van der Waals surface area contributed by atoms with Crippen molar-refractivity contribution in [2.45, 2.75) is 142 Å². The van der Waals surface area contributed by atoms with Crippen molar-refractivity contribution in [3.63, 3.8) is 0 Å². The average Bonchev–Trinajstić information content (AvgIpc) is 3.62. The van der Waals surface area contributed by atoms with Crippen LogP contribution >= 0.6 is 0 Å². The standard InChI is InChI=1S/C41H53NO4/c1-20(2)32-35(44)30-29-23(26-19-37(4,5)46-38(6,7)31(26)34(29)43)18-24-25-17-22-11-12-27-39(8)15-13-21(3)45-28(39)14-16-40(27,9)41(22,10)36(25)42(32)33(24)30/h18-19,21-22,27-28,31,34,43-44H,1,11-17H2,2-10H3/t21-,22?,27?,28+,31?,34-,39+,40+,41?/m1/s1. The van der Waals surface area contributed by atoms with Crippen molar-refractivity contribution in [2.75, 3.05) is 0 Å². The van der Waals surface area contributed by atoms with Gasteiger partial charge in [-0.15, -0.1) is 0 Å². The first-order valence-electron chi connectivity index (χ1n) is 18.1. The van der Waals surface area contributed by atoms with Gasteiger partial charge in [0.1, 0.15) is 5.75 Å². The molecule has 9 atom stereocenters. The van der Waals surface area contributed by atoms with Crippen molar-refractivity contribution in [1.29, 1.82) is 0 Å². The van der Waals surface area contributed by atoms with E-state index in [0.717, 1.165) is 64.6 Å². The van der Waals surface area contributed by atoms with E-state index in [2.05, 4.69) is 78.5 Å². The lowest BCUT2D eigenvalue weighted by molar-refractivity contribution is -0.218. The Kier molecular flexibility index (Phi) is 5.58. The van der Waals surface area contributed by atoms with E-state index >= 15 is 0 Å². The number of nitrogens with zero attached hydrogens (tertiary/aromatic N) is 1. The van der Waals surface area contributed by atoms with Crippen molar-refractivity contribution < 1.29 is 19.7 Å². The number of allylic oxidation sites excluding steroid dienone is 1. The number of aromatic hydroxyl groups is 1. The van der Waals surface area contributed by atoms with Gasteiger partial charge in [0.05, 0.1) is 40.7 Å². The van der Waals surface area contributed by atoms with Crippen LogP contribution in [0.1, 0.15) is 135 Å². The first-order valence-corrected chi connectivity index (χ1v) is 18.1. The number of aromatic nitrogens is 1. The molecule has 4 aliphatic carbocycles. The monoisotopic (exact) mass is 623 g/mol. The van der Waals surface area contributed by atoms with Gasteiger partial charge in [-0.2, -0.15) is 0 Å². The molecule has 1 aromatic carbocycles. The van der Waals surface area contributed by atoms with Crippen LogP contribution in [0.5, 0.6) is 5.75 Å². The third-order valence-corrected chi connectivity index (χ3v) is 15.0. The summed E-state index contributed by atoms with van der Waals surface area (Å²) in [5.41, 5.74) is 7.96. The minimum absolute atomic E-state index is 0.0581. The number of benzene rings is 1. The summed E-state index contributed by atoms with van der Waals surface area (Å²) in [6.45, 7) is 24.9. The van der Waals surface area contributed by atoms with Crippen LogP contribution in [-0.4, -0.2) is 38.0 Å². The van der Waals surface area contributed by atoms with Gasteiger partial charge in [-0.05, 0) is 144 Å². The van der Waals surface area contributed by atoms with E-state index in [-0.39, 0.29) is 27.9 Å². The van der Waals surface area contributed by atoms with Gasteiger partial charge in [0.15, 0.2) is 0 Å². The Morgan fingerprint density at radius 3 is 2.48 bits per heavy atom. The Balaban J connectivity index is 1.33. The summed E-state index contributed by atoms with van der Waals surface area (Å²) < 4.78 is 15.7. The molecule has 3 aromatic rings. The molecule has 4 heterocycles. The van der Waals surface area contributed by atoms with Crippen LogP contribution in [0.2, 0.25) is 0 Å². The highest BCUT2D eigenvalue weighted by atomic mass is 16.5. The Morgan fingerprint density at radius 1 is 1.02 bits per heavy atom. The normalized spacial score (nSPS) is 41.8. The SMILES string of the molecule is C=C(C)c1c(O)c2c3c(cc4c5c(n1c42)C1(C)C(CCC2[C@]4(C)CC[C@@H](C)O[C@H]4CC[C@@]21C)C5)C1=CC(C)(C)OC(C)(C)C1[C@@H]3O. The van der Waals surface area contributed by atoms with Gasteiger partial charge < -0.3 is 24.1 Å². The molecule has 2 aliphatic heterocycles. The molecular formula is C41H53NO4. The Labute approximate surface area is 274 Å². The van der Waals surface area contributed by atoms with Crippen molar-refractivity contribution in [3.05, 3.63) is 46.8 Å². The van der Waals surface area contributed by atoms with Crippen LogP contribution in [0.25, 0.3) is 27.4 Å². The molecular weight excluding hydrogens is 570 g/mol. The van der Waals surface area contributed by atoms with Crippen LogP contribution in [0.4, 0.5) is 0 Å². The molecule has 2 N–H and O–H groups in total. The summed E-state index contributed by atoms with van der Waals surface area (Å²) in [6.07, 6.45) is 10.4. The molecule has 1 saturated heterocycles. The fourth-order valence-corrected chi connectivity index (χ4v) is 13.2. The van der Waals surface area contributed by atoms with Gasteiger partial charge in [0.25, 0.3) is 0 Å². The second-order valence-electron chi connectivity index (χ2n) is 18.2. The lowest BCUT2D eigenvalue weighted by Crippen LogP contribution is -2.64. The molecule has 246 valence electrons. The Hall–Kier alpha value is -2.34. The minimum atomic E-state index is -0.764. The molecule has 3 fully saturated rings. The van der Waals surface area contributed by atoms with E-state index in [0.29, 0.717) is 24.0 Å². The first-order chi connectivity index (χ1) is 21.5. The van der Waals surface area contributed by atoms with Crippen molar-refractivity contribution in [2.24, 2.45) is 28.6 Å². The third-order valence-electron chi connectivity index (χ3n) is 15.0. The number of rotatable bonds is 1. The zero-order valence-electron chi connectivity index (χ0n) is 29.4. The highest BCUT2D eigenvalue weighted by Gasteiger charge is 2.68. The van der Waals surface area contributed by atoms with Crippen LogP contribution in [0.15, 0.2) is 18.7 Å². The van der Waals surface area contributed by atoms with Crippen molar-refractivity contribution in [3.8, 4) is 5.75 Å². The molecule has 5 heteroatoms. The maximum atomic E-state index is 12.3. The lowest BCUT2D eigenvalue weighted by atomic mass is 9.40. The van der Waals surface area contributed by atoms with E-state index in [1.54, 1.807) is 0 Å². The maximum absolute atomic E-state index is 12.3. The van der Waals surface area contributed by atoms with E-state index in [1.807, 2.05) is 6.92 Å². The van der Waals surface area contributed by atoms with Gasteiger partial charge >= 0.3 is 0 Å². The molecule has 0 spiro atoms. The molecule has 4 unspecified atom stereocenters. The summed E-state index contributed by atoms with van der Waals surface area (Å²) in [7, 11) is 0. The number of hydrogen-bond acceptors (Lipinski definition) is 4. The predicted octanol–water partition coefficient (Wildman–Crippen LogP) is 9.12.